The van der Waals surface area contributed by atoms with Gasteiger partial charge < -0.3 is 10.2 Å². The summed E-state index contributed by atoms with van der Waals surface area (Å²) in [4.78, 5) is 34.4. The predicted molar refractivity (Wildman–Crippen MR) is 125 cm³/mol. The Kier molecular flexibility index (Phi) is 6.82. The van der Waals surface area contributed by atoms with E-state index in [1.165, 1.54) is 5.01 Å². The van der Waals surface area contributed by atoms with Gasteiger partial charge in [0.05, 0.1) is 11.7 Å². The summed E-state index contributed by atoms with van der Waals surface area (Å²) in [5.74, 6) is -0.385. The van der Waals surface area contributed by atoms with E-state index >= 15 is 0 Å². The summed E-state index contributed by atoms with van der Waals surface area (Å²) in [6, 6.07) is 17.4. The number of anilines is 1. The predicted octanol–water partition coefficient (Wildman–Crippen LogP) is 1.35. The molecule has 2 aromatic carbocycles. The summed E-state index contributed by atoms with van der Waals surface area (Å²) in [5.41, 5.74) is 5.73. The number of amidine groups is 1. The second kappa shape index (κ2) is 9.93. The number of amides is 2. The normalized spacial score (nSPS) is 18.6. The van der Waals surface area contributed by atoms with Gasteiger partial charge in [-0.3, -0.25) is 24.9 Å². The quantitative estimate of drug-likeness (QED) is 0.718. The molecule has 1 saturated heterocycles. The van der Waals surface area contributed by atoms with E-state index < -0.39 is 0 Å². The molecule has 32 heavy (non-hydrogen) atoms. The lowest BCUT2D eigenvalue weighted by molar-refractivity contribution is -0.118. The molecule has 0 saturated carbocycles. The number of piperazine rings is 1. The minimum atomic E-state index is -0.322. The van der Waals surface area contributed by atoms with Crippen molar-refractivity contribution in [3.63, 3.8) is 0 Å². The number of rotatable bonds is 6. The van der Waals surface area contributed by atoms with Gasteiger partial charge in [0.1, 0.15) is 6.54 Å². The molecule has 0 radical (unpaired) electrons. The van der Waals surface area contributed by atoms with Crippen LogP contribution in [-0.4, -0.2) is 73.8 Å². The molecule has 1 fully saturated rings. The second-order valence-corrected chi connectivity index (χ2v) is 8.38. The molecule has 1 unspecified atom stereocenters. The van der Waals surface area contributed by atoms with Crippen LogP contribution in [0.25, 0.3) is 0 Å². The molecule has 0 spiro atoms. The topological polar surface area (TPSA) is 80.3 Å². The first-order valence-corrected chi connectivity index (χ1v) is 11.0. The summed E-state index contributed by atoms with van der Waals surface area (Å²) in [6.45, 7) is 6.58. The average molecular weight is 435 g/mol. The van der Waals surface area contributed by atoms with Gasteiger partial charge in [-0.05, 0) is 31.7 Å². The van der Waals surface area contributed by atoms with Crippen molar-refractivity contribution in [1.29, 1.82) is 0 Å². The van der Waals surface area contributed by atoms with Gasteiger partial charge >= 0.3 is 0 Å². The zero-order valence-electron chi connectivity index (χ0n) is 18.6. The van der Waals surface area contributed by atoms with Crippen LogP contribution < -0.4 is 15.8 Å². The van der Waals surface area contributed by atoms with Crippen LogP contribution in [0.2, 0.25) is 0 Å². The number of carbonyl (C=O) groups is 2. The lowest BCUT2D eigenvalue weighted by Crippen LogP contribution is -2.56. The third-order valence-corrected chi connectivity index (χ3v) is 5.89. The molecule has 2 aliphatic rings. The molecule has 168 valence electrons. The first-order chi connectivity index (χ1) is 15.5. The summed E-state index contributed by atoms with van der Waals surface area (Å²) >= 11 is 0. The van der Waals surface area contributed by atoms with E-state index in [1.54, 1.807) is 0 Å². The third-order valence-electron chi connectivity index (χ3n) is 5.89. The Morgan fingerprint density at radius 2 is 1.75 bits per heavy atom. The van der Waals surface area contributed by atoms with E-state index in [4.69, 9.17) is 0 Å². The van der Waals surface area contributed by atoms with Crippen LogP contribution in [0.5, 0.6) is 0 Å². The molecular weight excluding hydrogens is 404 g/mol. The highest BCUT2D eigenvalue weighted by Crippen LogP contribution is 2.17. The van der Waals surface area contributed by atoms with Gasteiger partial charge in [-0.15, -0.1) is 0 Å². The number of nitrogens with zero attached hydrogens (tertiary/aromatic N) is 4. The number of benzene rings is 2. The number of aryl methyl sites for hydroxylation is 1. The zero-order valence-corrected chi connectivity index (χ0v) is 18.6. The number of hydrazine groups is 1. The molecule has 4 rings (SSSR count). The number of aliphatic imine (C=N–C) groups is 1. The molecule has 2 amide bonds. The first-order valence-electron chi connectivity index (χ1n) is 11.0. The largest absolute Gasteiger partial charge is 0.341 e. The SMILES string of the molecule is Cc1ccc(N2NC(C(=O)NC(CN3CCN(C)CC3)c3ccccc3)=NCC2=O)cc1. The van der Waals surface area contributed by atoms with Gasteiger partial charge in [-0.25, -0.2) is 5.01 Å². The fourth-order valence-electron chi connectivity index (χ4n) is 3.88. The van der Waals surface area contributed by atoms with Crippen molar-refractivity contribution in [2.75, 3.05) is 51.3 Å². The number of hydrogen-bond acceptors (Lipinski definition) is 6. The first kappa shape index (κ1) is 22.0. The van der Waals surface area contributed by atoms with Gasteiger partial charge in [0.2, 0.25) is 5.84 Å². The Balaban J connectivity index is 1.47. The third kappa shape index (κ3) is 5.33. The van der Waals surface area contributed by atoms with Gasteiger partial charge in [0.25, 0.3) is 11.8 Å². The fourth-order valence-corrected chi connectivity index (χ4v) is 3.88. The Hall–Kier alpha value is -3.23. The molecule has 2 aliphatic heterocycles. The molecule has 2 N–H and O–H groups in total. The van der Waals surface area contributed by atoms with Gasteiger partial charge in [-0.2, -0.15) is 0 Å². The zero-order chi connectivity index (χ0) is 22.5. The molecule has 8 nitrogen and oxygen atoms in total. The summed E-state index contributed by atoms with van der Waals surface area (Å²) in [5, 5.41) is 4.52. The van der Waals surface area contributed by atoms with Crippen LogP contribution in [0.4, 0.5) is 5.69 Å². The van der Waals surface area contributed by atoms with Crippen LogP contribution in [0, 0.1) is 6.92 Å². The standard InChI is InChI=1S/C24H30N6O2/c1-18-8-10-20(11-9-18)30-22(31)16-25-23(27-30)24(32)26-21(19-6-4-3-5-7-19)17-29-14-12-28(2)13-15-29/h3-11,21H,12-17H2,1-2H3,(H,25,27)(H,26,32). The van der Waals surface area contributed by atoms with Crippen LogP contribution >= 0.6 is 0 Å². The van der Waals surface area contributed by atoms with Gasteiger partial charge in [-0.1, -0.05) is 48.0 Å². The minimum Gasteiger partial charge on any atom is -0.341 e. The smallest absolute Gasteiger partial charge is 0.288 e. The van der Waals surface area contributed by atoms with E-state index in [9.17, 15) is 9.59 Å². The maximum atomic E-state index is 13.1. The summed E-state index contributed by atoms with van der Waals surface area (Å²) in [6.07, 6.45) is 0. The maximum Gasteiger partial charge on any atom is 0.288 e. The fraction of sp³-hybridized carbons (Fsp3) is 0.375. The Bertz CT molecular complexity index is 968. The Morgan fingerprint density at radius 1 is 1.06 bits per heavy atom. The molecule has 0 aliphatic carbocycles. The highest BCUT2D eigenvalue weighted by molar-refractivity contribution is 6.39. The van der Waals surface area contributed by atoms with Crippen molar-refractivity contribution < 1.29 is 9.59 Å². The van der Waals surface area contributed by atoms with Crippen molar-refractivity contribution in [3.8, 4) is 0 Å². The van der Waals surface area contributed by atoms with Crippen LogP contribution in [0.3, 0.4) is 0 Å². The lowest BCUT2D eigenvalue weighted by atomic mass is 10.1. The van der Waals surface area contributed by atoms with E-state index in [2.05, 4.69) is 32.6 Å². The van der Waals surface area contributed by atoms with Crippen molar-refractivity contribution in [3.05, 3.63) is 65.7 Å². The molecule has 0 aromatic heterocycles. The van der Waals surface area contributed by atoms with Gasteiger partial charge in [0, 0.05) is 32.7 Å². The van der Waals surface area contributed by atoms with Crippen molar-refractivity contribution in [1.82, 2.24) is 20.5 Å². The summed E-state index contributed by atoms with van der Waals surface area (Å²) < 4.78 is 0. The minimum absolute atomic E-state index is 0.0713. The molecule has 1 atom stereocenters. The average Bonchev–Trinajstić information content (AvgIpc) is 2.81. The highest BCUT2D eigenvalue weighted by atomic mass is 16.2. The Labute approximate surface area is 188 Å². The highest BCUT2D eigenvalue weighted by Gasteiger charge is 2.28. The number of carbonyl (C=O) groups excluding carboxylic acids is 2. The second-order valence-electron chi connectivity index (χ2n) is 8.38. The number of nitrogens with one attached hydrogen (secondary N) is 2. The van der Waals surface area contributed by atoms with Crippen molar-refractivity contribution in [2.45, 2.75) is 13.0 Å². The monoisotopic (exact) mass is 434 g/mol. The van der Waals surface area contributed by atoms with Crippen LogP contribution in [0.1, 0.15) is 17.2 Å². The number of likely N-dealkylation sites (N-methyl/N-ethyl adjacent to an activating group) is 1. The van der Waals surface area contributed by atoms with Gasteiger partial charge in [0.15, 0.2) is 0 Å². The van der Waals surface area contributed by atoms with E-state index in [1.807, 2.05) is 61.5 Å². The molecular formula is C24H30N6O2. The van der Waals surface area contributed by atoms with E-state index in [0.717, 1.165) is 43.9 Å². The van der Waals surface area contributed by atoms with Crippen molar-refractivity contribution >= 4 is 23.3 Å². The maximum absolute atomic E-state index is 13.1. The molecule has 8 heteroatoms. The molecule has 0 bridgehead atoms. The molecule has 2 aromatic rings. The van der Waals surface area contributed by atoms with E-state index in [0.29, 0.717) is 5.69 Å². The lowest BCUT2D eigenvalue weighted by Gasteiger charge is -2.35. The summed E-state index contributed by atoms with van der Waals surface area (Å²) in [7, 11) is 2.13. The van der Waals surface area contributed by atoms with Crippen molar-refractivity contribution in [2.24, 2.45) is 4.99 Å². The number of hydrogen-bond donors (Lipinski definition) is 2. The van der Waals surface area contributed by atoms with E-state index in [-0.39, 0.29) is 30.2 Å². The Morgan fingerprint density at radius 3 is 2.44 bits per heavy atom. The van der Waals surface area contributed by atoms with Crippen LogP contribution in [0.15, 0.2) is 59.6 Å². The molecule has 2 heterocycles. The van der Waals surface area contributed by atoms with Crippen LogP contribution in [-0.2, 0) is 9.59 Å².